The Hall–Kier alpha value is -1.44. The molecule has 3 atom stereocenters. The summed E-state index contributed by atoms with van der Waals surface area (Å²) < 4.78 is 19.6. The number of nitrogens with zero attached hydrogens (tertiary/aromatic N) is 2. The molecule has 0 saturated carbocycles. The maximum absolute atomic E-state index is 12.3. The van der Waals surface area contributed by atoms with Crippen LogP contribution in [0.5, 0.6) is 0 Å². The molecule has 3 rings (SSSR count). The van der Waals surface area contributed by atoms with E-state index in [2.05, 4.69) is 0 Å². The van der Waals surface area contributed by atoms with E-state index in [1.54, 1.807) is 7.05 Å². The van der Waals surface area contributed by atoms with Crippen molar-refractivity contribution in [2.45, 2.75) is 37.9 Å². The molecule has 7 nitrogen and oxygen atoms in total. The maximum Gasteiger partial charge on any atom is 0.330 e. The molecule has 0 N–H and O–H groups in total. The molecule has 0 aliphatic carbocycles. The fraction of sp³-hybridized carbons (Fsp3) is 0.692. The van der Waals surface area contributed by atoms with E-state index in [1.165, 1.54) is 17.8 Å². The van der Waals surface area contributed by atoms with Gasteiger partial charge >= 0.3 is 5.69 Å². The van der Waals surface area contributed by atoms with Crippen molar-refractivity contribution < 1.29 is 14.2 Å². The first kappa shape index (κ1) is 13.5. The first-order valence-corrected chi connectivity index (χ1v) is 6.54. The van der Waals surface area contributed by atoms with Crippen molar-refractivity contribution in [3.8, 4) is 0 Å². The monoisotopic (exact) mass is 282 g/mol. The molecular weight excluding hydrogens is 264 g/mol. The van der Waals surface area contributed by atoms with E-state index < -0.39 is 11.9 Å². The number of ether oxygens (including phenoxy) is 3. The van der Waals surface area contributed by atoms with Gasteiger partial charge in [0.15, 0.2) is 5.79 Å². The lowest BCUT2D eigenvalue weighted by Crippen LogP contribution is -2.40. The van der Waals surface area contributed by atoms with Crippen molar-refractivity contribution >= 4 is 0 Å². The molecule has 0 amide bonds. The van der Waals surface area contributed by atoms with E-state index in [4.69, 9.17) is 14.2 Å². The second-order valence-corrected chi connectivity index (χ2v) is 5.73. The Morgan fingerprint density at radius 3 is 2.65 bits per heavy atom. The highest BCUT2D eigenvalue weighted by Gasteiger charge is 2.51. The lowest BCUT2D eigenvalue weighted by Gasteiger charge is -2.22. The SMILES string of the molecule is Cn1cc([C@@H]2OC[C@@H]3OC(C)(C)O[C@@H]32)c(=O)n(C)c1=O. The van der Waals surface area contributed by atoms with Gasteiger partial charge in [0.05, 0.1) is 12.2 Å². The summed E-state index contributed by atoms with van der Waals surface area (Å²) in [6.07, 6.45) is 0.506. The summed E-state index contributed by atoms with van der Waals surface area (Å²) in [5.41, 5.74) is -0.298. The third-order valence-electron chi connectivity index (χ3n) is 3.74. The van der Waals surface area contributed by atoms with E-state index in [-0.39, 0.29) is 23.5 Å². The van der Waals surface area contributed by atoms with Gasteiger partial charge in [-0.1, -0.05) is 0 Å². The molecule has 2 aliphatic heterocycles. The third-order valence-corrected chi connectivity index (χ3v) is 3.74. The Kier molecular flexibility index (Phi) is 2.89. The molecule has 3 heterocycles. The van der Waals surface area contributed by atoms with Gasteiger partial charge in [-0.15, -0.1) is 0 Å². The number of fused-ring (bicyclic) bond motifs is 1. The van der Waals surface area contributed by atoms with E-state index in [0.717, 1.165) is 4.57 Å². The van der Waals surface area contributed by atoms with Crippen molar-refractivity contribution in [1.82, 2.24) is 9.13 Å². The van der Waals surface area contributed by atoms with Crippen LogP contribution in [0.3, 0.4) is 0 Å². The van der Waals surface area contributed by atoms with Crippen LogP contribution in [0, 0.1) is 0 Å². The number of hydrogen-bond donors (Lipinski definition) is 0. The van der Waals surface area contributed by atoms with Crippen LogP contribution in [-0.2, 0) is 28.3 Å². The molecule has 2 fully saturated rings. The van der Waals surface area contributed by atoms with Gasteiger partial charge in [0.25, 0.3) is 5.56 Å². The van der Waals surface area contributed by atoms with Crippen molar-refractivity contribution in [3.05, 3.63) is 32.6 Å². The Morgan fingerprint density at radius 2 is 1.95 bits per heavy atom. The molecule has 7 heteroatoms. The van der Waals surface area contributed by atoms with Gasteiger partial charge < -0.3 is 18.8 Å². The van der Waals surface area contributed by atoms with Crippen LogP contribution in [0.4, 0.5) is 0 Å². The molecule has 110 valence electrons. The average Bonchev–Trinajstić information content (AvgIpc) is 2.86. The predicted octanol–water partition coefficient (Wildman–Crippen LogP) is -0.325. The topological polar surface area (TPSA) is 71.7 Å². The fourth-order valence-corrected chi connectivity index (χ4v) is 2.84. The van der Waals surface area contributed by atoms with Gasteiger partial charge in [0.2, 0.25) is 0 Å². The zero-order valence-corrected chi connectivity index (χ0v) is 12.0. The number of aromatic nitrogens is 2. The van der Waals surface area contributed by atoms with E-state index in [9.17, 15) is 9.59 Å². The number of hydrogen-bond acceptors (Lipinski definition) is 5. The van der Waals surface area contributed by atoms with Crippen molar-refractivity contribution in [1.29, 1.82) is 0 Å². The van der Waals surface area contributed by atoms with Crippen LogP contribution in [-0.4, -0.2) is 33.7 Å². The first-order valence-electron chi connectivity index (χ1n) is 6.54. The van der Waals surface area contributed by atoms with Gasteiger partial charge in [-0.25, -0.2) is 4.79 Å². The second-order valence-electron chi connectivity index (χ2n) is 5.73. The van der Waals surface area contributed by atoms with E-state index in [1.807, 2.05) is 13.8 Å². The zero-order chi connectivity index (χ0) is 14.7. The average molecular weight is 282 g/mol. The second kappa shape index (κ2) is 4.28. The minimum atomic E-state index is -0.677. The van der Waals surface area contributed by atoms with E-state index >= 15 is 0 Å². The summed E-state index contributed by atoms with van der Waals surface area (Å²) in [5.74, 6) is -0.677. The van der Waals surface area contributed by atoms with Crippen molar-refractivity contribution in [2.75, 3.05) is 6.61 Å². The van der Waals surface area contributed by atoms with Crippen molar-refractivity contribution in [3.63, 3.8) is 0 Å². The van der Waals surface area contributed by atoms with Crippen LogP contribution in [0.2, 0.25) is 0 Å². The molecule has 2 saturated heterocycles. The molecule has 2 aliphatic rings. The third kappa shape index (κ3) is 1.93. The summed E-state index contributed by atoms with van der Waals surface area (Å²) in [4.78, 5) is 24.0. The summed E-state index contributed by atoms with van der Waals surface area (Å²) >= 11 is 0. The smallest absolute Gasteiger partial charge is 0.330 e. The molecule has 0 aromatic carbocycles. The van der Waals surface area contributed by atoms with Crippen LogP contribution in [0.15, 0.2) is 15.8 Å². The van der Waals surface area contributed by atoms with Gasteiger partial charge in [0, 0.05) is 20.3 Å². The summed E-state index contributed by atoms with van der Waals surface area (Å²) in [5, 5.41) is 0. The standard InChI is InChI=1S/C13H18N2O5/c1-13(2)19-8-6-18-9(10(8)20-13)7-5-14(3)12(17)15(4)11(7)16/h5,8-10H,6H2,1-4H3/t8-,9-,10-/m0/s1. The molecule has 0 bridgehead atoms. The lowest BCUT2D eigenvalue weighted by molar-refractivity contribution is -0.175. The van der Waals surface area contributed by atoms with Crippen molar-refractivity contribution in [2.24, 2.45) is 14.1 Å². The van der Waals surface area contributed by atoms with Gasteiger partial charge in [-0.05, 0) is 13.8 Å². The molecule has 0 radical (unpaired) electrons. The molecular formula is C13H18N2O5. The first-order chi connectivity index (χ1) is 9.30. The molecule has 20 heavy (non-hydrogen) atoms. The highest BCUT2D eigenvalue weighted by molar-refractivity contribution is 5.15. The van der Waals surface area contributed by atoms with Gasteiger partial charge in [0.1, 0.15) is 18.3 Å². The van der Waals surface area contributed by atoms with E-state index in [0.29, 0.717) is 12.2 Å². The fourth-order valence-electron chi connectivity index (χ4n) is 2.84. The highest BCUT2D eigenvalue weighted by atomic mass is 16.8. The number of rotatable bonds is 1. The van der Waals surface area contributed by atoms with Crippen LogP contribution in [0.25, 0.3) is 0 Å². The van der Waals surface area contributed by atoms with Crippen LogP contribution < -0.4 is 11.2 Å². The quantitative estimate of drug-likeness (QED) is 0.705. The largest absolute Gasteiger partial charge is 0.368 e. The summed E-state index contributed by atoms with van der Waals surface area (Å²) in [6.45, 7) is 4.05. The molecule has 1 aromatic rings. The van der Waals surface area contributed by atoms with Gasteiger partial charge in [-0.3, -0.25) is 9.36 Å². The Morgan fingerprint density at radius 1 is 1.25 bits per heavy atom. The maximum atomic E-state index is 12.3. The summed E-state index contributed by atoms with van der Waals surface area (Å²) in [6, 6.07) is 0. The lowest BCUT2D eigenvalue weighted by atomic mass is 10.1. The number of aryl methyl sites for hydroxylation is 1. The minimum Gasteiger partial charge on any atom is -0.368 e. The minimum absolute atomic E-state index is 0.183. The van der Waals surface area contributed by atoms with Crippen LogP contribution >= 0.6 is 0 Å². The Balaban J connectivity index is 2.03. The zero-order valence-electron chi connectivity index (χ0n) is 12.0. The predicted molar refractivity (Wildman–Crippen MR) is 69.4 cm³/mol. The molecule has 1 aromatic heterocycles. The normalized spacial score (nSPS) is 31.5. The van der Waals surface area contributed by atoms with Gasteiger partial charge in [-0.2, -0.15) is 0 Å². The Labute approximate surface area is 115 Å². The molecule has 0 spiro atoms. The highest BCUT2D eigenvalue weighted by Crippen LogP contribution is 2.40. The Bertz CT molecular complexity index is 660. The summed E-state index contributed by atoms with van der Waals surface area (Å²) in [7, 11) is 3.06. The molecule has 0 unspecified atom stereocenters. The van der Waals surface area contributed by atoms with Crippen LogP contribution in [0.1, 0.15) is 25.5 Å².